The second-order valence-electron chi connectivity index (χ2n) is 6.74. The minimum Gasteiger partial charge on any atom is -0.399 e. The third kappa shape index (κ3) is 6.73. The number of sulfonamides is 1. The van der Waals surface area contributed by atoms with E-state index in [4.69, 9.17) is 5.73 Å². The van der Waals surface area contributed by atoms with Crippen LogP contribution >= 0.6 is 0 Å². The van der Waals surface area contributed by atoms with Crippen LogP contribution in [0.4, 0.5) is 5.69 Å². The number of anilines is 1. The molecule has 2 rings (SSSR count). The van der Waals surface area contributed by atoms with Crippen LogP contribution in [0.2, 0.25) is 0 Å². The molecule has 0 fully saturated rings. The minimum absolute atomic E-state index is 0.0458. The Labute approximate surface area is 177 Å². The maximum absolute atomic E-state index is 12.9. The van der Waals surface area contributed by atoms with Crippen molar-refractivity contribution in [2.75, 3.05) is 18.8 Å². The van der Waals surface area contributed by atoms with E-state index < -0.39 is 27.8 Å². The summed E-state index contributed by atoms with van der Waals surface area (Å²) in [6, 6.07) is 15.7. The molecule has 3 N–H and O–H groups in total. The molecule has 0 bridgehead atoms. The number of nitrogens with two attached hydrogens (primary N) is 1. The molecule has 160 valence electrons. The lowest BCUT2D eigenvalue weighted by Crippen LogP contribution is -2.45. The minimum atomic E-state index is -4.07. The zero-order valence-electron chi connectivity index (χ0n) is 17.1. The zero-order valence-corrected chi connectivity index (χ0v) is 17.9. The summed E-state index contributed by atoms with van der Waals surface area (Å²) >= 11 is 0. The molecule has 8 heteroatoms. The molecule has 0 saturated heterocycles. The summed E-state index contributed by atoms with van der Waals surface area (Å²) in [6.07, 6.45) is 1.43. The molecule has 1 atom stereocenters. The van der Waals surface area contributed by atoms with Crippen molar-refractivity contribution in [1.29, 1.82) is 0 Å². The predicted molar refractivity (Wildman–Crippen MR) is 119 cm³/mol. The molecule has 1 unspecified atom stereocenters. The third-order valence-electron chi connectivity index (χ3n) is 4.56. The Hall–Kier alpha value is -3.13. The van der Waals surface area contributed by atoms with E-state index >= 15 is 0 Å². The highest BCUT2D eigenvalue weighted by atomic mass is 32.2. The van der Waals surface area contributed by atoms with Crippen LogP contribution in [0.3, 0.4) is 0 Å². The van der Waals surface area contributed by atoms with Crippen LogP contribution < -0.4 is 10.5 Å². The average Bonchev–Trinajstić information content (AvgIpc) is 2.72. The number of hydrogen-bond donors (Lipinski definition) is 2. The van der Waals surface area contributed by atoms with Gasteiger partial charge in [-0.3, -0.25) is 9.59 Å². The van der Waals surface area contributed by atoms with Crippen LogP contribution in [-0.2, 0) is 26.0 Å². The second kappa shape index (κ2) is 10.6. The SMILES string of the molecule is CCN(CC)C(=O)C(Cc1cccc(N)c1)C(=O)NS(=O)(=O)C=Cc1ccccc1. The number of amides is 2. The van der Waals surface area contributed by atoms with E-state index in [-0.39, 0.29) is 6.42 Å². The second-order valence-corrected chi connectivity index (χ2v) is 8.30. The highest BCUT2D eigenvalue weighted by molar-refractivity contribution is 7.93. The van der Waals surface area contributed by atoms with Crippen LogP contribution in [-0.4, -0.2) is 38.2 Å². The van der Waals surface area contributed by atoms with Crippen molar-refractivity contribution in [2.45, 2.75) is 20.3 Å². The number of nitrogens with one attached hydrogen (secondary N) is 1. The van der Waals surface area contributed by atoms with E-state index in [0.29, 0.717) is 29.9 Å². The van der Waals surface area contributed by atoms with Gasteiger partial charge in [0.25, 0.3) is 10.0 Å². The lowest BCUT2D eigenvalue weighted by atomic mass is 9.97. The molecule has 2 aromatic carbocycles. The molecular formula is C22H27N3O4S. The van der Waals surface area contributed by atoms with Crippen molar-refractivity contribution < 1.29 is 18.0 Å². The van der Waals surface area contributed by atoms with E-state index in [1.807, 2.05) is 10.8 Å². The van der Waals surface area contributed by atoms with Gasteiger partial charge in [-0.05, 0) is 49.6 Å². The van der Waals surface area contributed by atoms with Gasteiger partial charge in [-0.25, -0.2) is 13.1 Å². The number of rotatable bonds is 9. The first-order valence-electron chi connectivity index (χ1n) is 9.68. The van der Waals surface area contributed by atoms with Gasteiger partial charge in [-0.15, -0.1) is 0 Å². The van der Waals surface area contributed by atoms with Gasteiger partial charge in [-0.1, -0.05) is 42.5 Å². The van der Waals surface area contributed by atoms with E-state index in [2.05, 4.69) is 0 Å². The van der Waals surface area contributed by atoms with E-state index in [9.17, 15) is 18.0 Å². The monoisotopic (exact) mass is 429 g/mol. The topological polar surface area (TPSA) is 110 Å². The fourth-order valence-electron chi connectivity index (χ4n) is 2.98. The molecule has 0 heterocycles. The number of nitrogens with zero attached hydrogens (tertiary/aromatic N) is 1. The molecule has 0 aromatic heterocycles. The average molecular weight is 430 g/mol. The first kappa shape index (κ1) is 23.2. The van der Waals surface area contributed by atoms with Crippen molar-refractivity contribution in [3.8, 4) is 0 Å². The Balaban J connectivity index is 2.24. The molecule has 0 spiro atoms. The Bertz CT molecular complexity index is 1000. The van der Waals surface area contributed by atoms with Gasteiger partial charge in [0.1, 0.15) is 5.92 Å². The molecule has 0 aliphatic rings. The van der Waals surface area contributed by atoms with Gasteiger partial charge < -0.3 is 10.6 Å². The molecule has 30 heavy (non-hydrogen) atoms. The molecule has 2 amide bonds. The summed E-state index contributed by atoms with van der Waals surface area (Å²) in [5.41, 5.74) is 7.64. The van der Waals surface area contributed by atoms with Gasteiger partial charge in [-0.2, -0.15) is 0 Å². The molecule has 7 nitrogen and oxygen atoms in total. The summed E-state index contributed by atoms with van der Waals surface area (Å²) in [5.74, 6) is -2.49. The first-order chi connectivity index (χ1) is 14.3. The van der Waals surface area contributed by atoms with Gasteiger partial charge >= 0.3 is 0 Å². The molecular weight excluding hydrogens is 402 g/mol. The molecule has 2 aromatic rings. The molecule has 0 saturated carbocycles. The quantitative estimate of drug-likeness (QED) is 0.470. The van der Waals surface area contributed by atoms with Crippen molar-refractivity contribution >= 4 is 33.6 Å². The maximum atomic E-state index is 12.9. The Morgan fingerprint density at radius 1 is 1.07 bits per heavy atom. The van der Waals surface area contributed by atoms with Crippen LogP contribution in [0, 0.1) is 5.92 Å². The van der Waals surface area contributed by atoms with Crippen LogP contribution in [0.5, 0.6) is 0 Å². The summed E-state index contributed by atoms with van der Waals surface area (Å²) in [6.45, 7) is 4.43. The van der Waals surface area contributed by atoms with Crippen molar-refractivity contribution in [3.63, 3.8) is 0 Å². The molecule has 0 radical (unpaired) electrons. The normalized spacial score (nSPS) is 12.5. The predicted octanol–water partition coefficient (Wildman–Crippen LogP) is 2.41. The van der Waals surface area contributed by atoms with Gasteiger partial charge in [0.15, 0.2) is 0 Å². The Morgan fingerprint density at radius 2 is 1.73 bits per heavy atom. The smallest absolute Gasteiger partial charge is 0.257 e. The summed E-state index contributed by atoms with van der Waals surface area (Å²) < 4.78 is 26.8. The van der Waals surface area contributed by atoms with Crippen molar-refractivity contribution in [1.82, 2.24) is 9.62 Å². The number of benzene rings is 2. The van der Waals surface area contributed by atoms with Gasteiger partial charge in [0, 0.05) is 18.8 Å². The van der Waals surface area contributed by atoms with E-state index in [1.165, 1.54) is 11.0 Å². The third-order valence-corrected chi connectivity index (χ3v) is 5.54. The Morgan fingerprint density at radius 3 is 2.33 bits per heavy atom. The van der Waals surface area contributed by atoms with Gasteiger partial charge in [0.05, 0.1) is 5.41 Å². The van der Waals surface area contributed by atoms with Crippen LogP contribution in [0.25, 0.3) is 6.08 Å². The largest absolute Gasteiger partial charge is 0.399 e. The summed E-state index contributed by atoms with van der Waals surface area (Å²) in [5, 5.41) is 0.916. The lowest BCUT2D eigenvalue weighted by Gasteiger charge is -2.24. The number of hydrogen-bond acceptors (Lipinski definition) is 5. The highest BCUT2D eigenvalue weighted by Crippen LogP contribution is 2.16. The number of carbonyl (C=O) groups excluding carboxylic acids is 2. The van der Waals surface area contributed by atoms with E-state index in [0.717, 1.165) is 5.41 Å². The number of nitrogen functional groups attached to an aromatic ring is 1. The van der Waals surface area contributed by atoms with Crippen molar-refractivity contribution in [3.05, 3.63) is 71.1 Å². The highest BCUT2D eigenvalue weighted by Gasteiger charge is 2.32. The summed E-state index contributed by atoms with van der Waals surface area (Å²) in [4.78, 5) is 27.3. The van der Waals surface area contributed by atoms with Crippen molar-refractivity contribution in [2.24, 2.45) is 5.92 Å². The molecule has 0 aliphatic heterocycles. The fourth-order valence-corrected chi connectivity index (χ4v) is 3.81. The summed E-state index contributed by atoms with van der Waals surface area (Å²) in [7, 11) is -4.07. The first-order valence-corrected chi connectivity index (χ1v) is 11.2. The lowest BCUT2D eigenvalue weighted by molar-refractivity contribution is -0.141. The van der Waals surface area contributed by atoms with Crippen LogP contribution in [0.1, 0.15) is 25.0 Å². The molecule has 0 aliphatic carbocycles. The van der Waals surface area contributed by atoms with Crippen LogP contribution in [0.15, 0.2) is 60.0 Å². The fraction of sp³-hybridized carbons (Fsp3) is 0.273. The standard InChI is InChI=1S/C22H27N3O4S/c1-3-25(4-2)22(27)20(16-18-11-8-12-19(23)15-18)21(26)24-30(28,29)14-13-17-9-6-5-7-10-17/h5-15,20H,3-4,16,23H2,1-2H3,(H,24,26). The zero-order chi connectivity index (χ0) is 22.1. The number of carbonyl (C=O) groups is 2. The van der Waals surface area contributed by atoms with Gasteiger partial charge in [0.2, 0.25) is 11.8 Å². The Kier molecular flexibility index (Phi) is 8.17. The maximum Gasteiger partial charge on any atom is 0.257 e. The van der Waals surface area contributed by atoms with E-state index in [1.54, 1.807) is 62.4 Å².